The standard InChI is InChI=1S/C44H80NO8P/c1-6-8-10-12-14-16-18-20-22-24-26-28-30-32-34-36-43(46)50-40-42(41-52-54(48,49)51-39-38-45(3,4)5)53-44(47)37-35-33-31-29-27-25-23-21-19-17-15-13-11-9-7-2/h20-23,28-31,42H,6-19,24-27,32-41H2,1-5H3/p+1/b22-20-,23-21-,30-28-,31-29-. The molecule has 0 radical (unpaired) electrons. The molecule has 9 nitrogen and oxygen atoms in total. The zero-order valence-corrected chi connectivity index (χ0v) is 36.1. The van der Waals surface area contributed by atoms with Crippen molar-refractivity contribution >= 4 is 19.8 Å². The molecule has 0 heterocycles. The van der Waals surface area contributed by atoms with Crippen LogP contribution in [0, 0.1) is 0 Å². The minimum Gasteiger partial charge on any atom is -0.462 e. The first-order valence-corrected chi connectivity index (χ1v) is 22.9. The number of hydrogen-bond donors (Lipinski definition) is 1. The van der Waals surface area contributed by atoms with E-state index in [4.69, 9.17) is 18.5 Å². The van der Waals surface area contributed by atoms with E-state index >= 15 is 0 Å². The number of phosphoric acid groups is 1. The van der Waals surface area contributed by atoms with Crippen LogP contribution in [0.2, 0.25) is 0 Å². The predicted molar refractivity (Wildman–Crippen MR) is 224 cm³/mol. The largest absolute Gasteiger partial charge is 0.472 e. The van der Waals surface area contributed by atoms with Gasteiger partial charge in [0.05, 0.1) is 27.7 Å². The van der Waals surface area contributed by atoms with Crippen molar-refractivity contribution in [2.75, 3.05) is 47.5 Å². The van der Waals surface area contributed by atoms with Gasteiger partial charge in [0.1, 0.15) is 19.8 Å². The smallest absolute Gasteiger partial charge is 0.462 e. The van der Waals surface area contributed by atoms with E-state index < -0.39 is 32.5 Å². The SMILES string of the molecule is CCCCCCCC/C=C\CC/C=C\CCCC(=O)OCC(COP(=O)(O)OCC[N+](C)(C)C)OC(=O)CCC/C=C\CC/C=C\CCCCCCCC. The third kappa shape index (κ3) is 39.7. The molecule has 0 aliphatic heterocycles. The van der Waals surface area contributed by atoms with Crippen LogP contribution in [0.15, 0.2) is 48.6 Å². The lowest BCUT2D eigenvalue weighted by Crippen LogP contribution is -2.37. The molecule has 2 atom stereocenters. The Morgan fingerprint density at radius 1 is 0.556 bits per heavy atom. The number of phosphoric ester groups is 1. The Kier molecular flexibility index (Phi) is 35.2. The average molecular weight is 783 g/mol. The monoisotopic (exact) mass is 783 g/mol. The van der Waals surface area contributed by atoms with Gasteiger partial charge in [-0.05, 0) is 77.0 Å². The highest BCUT2D eigenvalue weighted by Crippen LogP contribution is 2.43. The molecule has 1 N–H and O–H groups in total. The molecule has 54 heavy (non-hydrogen) atoms. The maximum atomic E-state index is 12.6. The molecule has 0 aliphatic carbocycles. The zero-order valence-electron chi connectivity index (χ0n) is 35.2. The predicted octanol–water partition coefficient (Wildman–Crippen LogP) is 11.9. The number of quaternary nitrogens is 1. The molecule has 0 spiro atoms. The van der Waals surface area contributed by atoms with Crippen LogP contribution in [0.1, 0.15) is 168 Å². The number of carbonyl (C=O) groups excluding carboxylic acids is 2. The van der Waals surface area contributed by atoms with Gasteiger partial charge in [-0.25, -0.2) is 4.57 Å². The highest BCUT2D eigenvalue weighted by Gasteiger charge is 2.27. The molecular weight excluding hydrogens is 701 g/mol. The molecule has 10 heteroatoms. The van der Waals surface area contributed by atoms with Crippen LogP contribution in [-0.2, 0) is 32.7 Å². The van der Waals surface area contributed by atoms with Gasteiger partial charge < -0.3 is 18.9 Å². The molecule has 0 aliphatic rings. The van der Waals surface area contributed by atoms with Crippen molar-refractivity contribution in [3.63, 3.8) is 0 Å². The van der Waals surface area contributed by atoms with Crippen molar-refractivity contribution in [1.29, 1.82) is 0 Å². The zero-order chi connectivity index (χ0) is 40.0. The van der Waals surface area contributed by atoms with Gasteiger partial charge in [-0.3, -0.25) is 18.6 Å². The van der Waals surface area contributed by atoms with Gasteiger partial charge in [-0.1, -0.05) is 127 Å². The summed E-state index contributed by atoms with van der Waals surface area (Å²) in [6.45, 7) is 4.31. The molecule has 0 amide bonds. The third-order valence-electron chi connectivity index (χ3n) is 8.79. The van der Waals surface area contributed by atoms with Crippen LogP contribution in [0.4, 0.5) is 0 Å². The molecule has 0 rings (SSSR count). The molecule has 0 saturated heterocycles. The second-order valence-electron chi connectivity index (χ2n) is 15.3. The van der Waals surface area contributed by atoms with Gasteiger partial charge in [-0.2, -0.15) is 0 Å². The first-order chi connectivity index (χ1) is 26.0. The summed E-state index contributed by atoms with van der Waals surface area (Å²) in [5.74, 6) is -0.900. The highest BCUT2D eigenvalue weighted by molar-refractivity contribution is 7.47. The number of rotatable bonds is 38. The molecule has 0 aromatic heterocycles. The summed E-state index contributed by atoms with van der Waals surface area (Å²) in [7, 11) is 1.43. The van der Waals surface area contributed by atoms with E-state index in [0.717, 1.165) is 51.4 Å². The van der Waals surface area contributed by atoms with Crippen LogP contribution in [-0.4, -0.2) is 74.9 Å². The van der Waals surface area contributed by atoms with Crippen LogP contribution < -0.4 is 0 Å². The molecule has 314 valence electrons. The van der Waals surface area contributed by atoms with E-state index in [9.17, 15) is 19.0 Å². The Labute approximate surface area is 331 Å². The van der Waals surface area contributed by atoms with Crippen LogP contribution in [0.5, 0.6) is 0 Å². The summed E-state index contributed by atoms with van der Waals surface area (Å²) < 4.78 is 34.1. The van der Waals surface area contributed by atoms with E-state index in [2.05, 4.69) is 62.5 Å². The fourth-order valence-corrected chi connectivity index (χ4v) is 6.15. The molecule has 0 bridgehead atoms. The lowest BCUT2D eigenvalue weighted by Gasteiger charge is -2.24. The minimum atomic E-state index is -4.39. The van der Waals surface area contributed by atoms with E-state index in [1.165, 1.54) is 77.0 Å². The molecule has 0 saturated carbocycles. The summed E-state index contributed by atoms with van der Waals surface area (Å²) in [5, 5.41) is 0. The number of likely N-dealkylation sites (N-methyl/N-ethyl adjacent to an activating group) is 1. The lowest BCUT2D eigenvalue weighted by molar-refractivity contribution is -0.870. The van der Waals surface area contributed by atoms with E-state index in [0.29, 0.717) is 23.9 Å². The van der Waals surface area contributed by atoms with Gasteiger partial charge in [0, 0.05) is 12.8 Å². The molecule has 0 fully saturated rings. The Hall–Kier alpha value is -2.03. The Bertz CT molecular complexity index is 1070. The Balaban J connectivity index is 4.51. The fourth-order valence-electron chi connectivity index (χ4n) is 5.40. The van der Waals surface area contributed by atoms with Gasteiger partial charge in [-0.15, -0.1) is 0 Å². The molecule has 2 unspecified atom stereocenters. The average Bonchev–Trinajstić information content (AvgIpc) is 3.12. The Morgan fingerprint density at radius 3 is 1.43 bits per heavy atom. The topological polar surface area (TPSA) is 108 Å². The third-order valence-corrected chi connectivity index (χ3v) is 9.77. The number of ether oxygens (including phenoxy) is 2. The normalized spacial score (nSPS) is 14.1. The van der Waals surface area contributed by atoms with Crippen molar-refractivity contribution in [2.24, 2.45) is 0 Å². The van der Waals surface area contributed by atoms with Crippen LogP contribution in [0.3, 0.4) is 0 Å². The molecule has 0 aromatic rings. The second-order valence-corrected chi connectivity index (χ2v) is 16.8. The van der Waals surface area contributed by atoms with Gasteiger partial charge >= 0.3 is 19.8 Å². The summed E-state index contributed by atoms with van der Waals surface area (Å²) in [4.78, 5) is 35.3. The summed E-state index contributed by atoms with van der Waals surface area (Å²) in [6, 6.07) is 0. The molecular formula is C44H81NO8P+. The van der Waals surface area contributed by atoms with Crippen molar-refractivity contribution < 1.29 is 42.1 Å². The summed E-state index contributed by atoms with van der Waals surface area (Å²) >= 11 is 0. The first-order valence-electron chi connectivity index (χ1n) is 21.4. The number of esters is 2. The van der Waals surface area contributed by atoms with Gasteiger partial charge in [0.15, 0.2) is 6.10 Å². The summed E-state index contributed by atoms with van der Waals surface area (Å²) in [6.07, 6.45) is 41.7. The van der Waals surface area contributed by atoms with Crippen LogP contribution in [0.25, 0.3) is 0 Å². The van der Waals surface area contributed by atoms with E-state index in [1.807, 2.05) is 21.1 Å². The second kappa shape index (κ2) is 36.6. The fraction of sp³-hybridized carbons (Fsp3) is 0.773. The Morgan fingerprint density at radius 2 is 0.963 bits per heavy atom. The van der Waals surface area contributed by atoms with Crippen molar-refractivity contribution in [2.45, 2.75) is 174 Å². The number of nitrogens with zero attached hydrogens (tertiary/aromatic N) is 1. The van der Waals surface area contributed by atoms with E-state index in [1.54, 1.807) is 0 Å². The minimum absolute atomic E-state index is 0.0180. The summed E-state index contributed by atoms with van der Waals surface area (Å²) in [5.41, 5.74) is 0. The number of hydrogen-bond acceptors (Lipinski definition) is 7. The van der Waals surface area contributed by atoms with Gasteiger partial charge in [0.25, 0.3) is 0 Å². The number of allylic oxidation sites excluding steroid dienone is 8. The maximum absolute atomic E-state index is 12.6. The number of carbonyl (C=O) groups is 2. The van der Waals surface area contributed by atoms with Crippen molar-refractivity contribution in [3.05, 3.63) is 48.6 Å². The van der Waals surface area contributed by atoms with Crippen LogP contribution >= 0.6 is 7.82 Å². The molecule has 0 aromatic carbocycles. The lowest BCUT2D eigenvalue weighted by atomic mass is 10.1. The first kappa shape index (κ1) is 52.0. The highest BCUT2D eigenvalue weighted by atomic mass is 31.2. The van der Waals surface area contributed by atoms with Crippen molar-refractivity contribution in [1.82, 2.24) is 0 Å². The van der Waals surface area contributed by atoms with E-state index in [-0.39, 0.29) is 26.1 Å². The maximum Gasteiger partial charge on any atom is 0.472 e. The number of unbranched alkanes of at least 4 members (excludes halogenated alkanes) is 16. The quantitative estimate of drug-likeness (QED) is 0.0217. The van der Waals surface area contributed by atoms with Gasteiger partial charge in [0.2, 0.25) is 0 Å². The van der Waals surface area contributed by atoms with Crippen molar-refractivity contribution in [3.8, 4) is 0 Å².